The van der Waals surface area contributed by atoms with Crippen LogP contribution >= 0.6 is 0 Å². The van der Waals surface area contributed by atoms with E-state index in [-0.39, 0.29) is 5.91 Å². The summed E-state index contributed by atoms with van der Waals surface area (Å²) in [6.07, 6.45) is 0. The molecule has 1 aliphatic heterocycles. The van der Waals surface area contributed by atoms with E-state index in [1.54, 1.807) is 4.68 Å². The van der Waals surface area contributed by atoms with E-state index in [0.29, 0.717) is 12.5 Å². The fourth-order valence-electron chi connectivity index (χ4n) is 3.39. The van der Waals surface area contributed by atoms with E-state index >= 15 is 0 Å². The molecule has 0 radical (unpaired) electrons. The first-order chi connectivity index (χ1) is 11.4. The van der Waals surface area contributed by atoms with Crippen LogP contribution in [-0.2, 0) is 11.8 Å². The number of para-hydroxylation sites is 2. The number of nitrogens with zero attached hydrogens (tertiary/aromatic N) is 4. The zero-order valence-electron chi connectivity index (χ0n) is 14.8. The van der Waals surface area contributed by atoms with Crippen molar-refractivity contribution >= 4 is 23.1 Å². The fourth-order valence-corrected chi connectivity index (χ4v) is 3.39. The first kappa shape index (κ1) is 16.4. The van der Waals surface area contributed by atoms with Gasteiger partial charge in [0.1, 0.15) is 5.82 Å². The molecule has 1 atom stereocenters. The third-order valence-corrected chi connectivity index (χ3v) is 4.36. The van der Waals surface area contributed by atoms with Gasteiger partial charge in [0.15, 0.2) is 0 Å². The molecule has 1 aromatic carbocycles. The summed E-state index contributed by atoms with van der Waals surface area (Å²) < 4.78 is 1.69. The van der Waals surface area contributed by atoms with Crippen molar-refractivity contribution in [3.8, 4) is 0 Å². The maximum absolute atomic E-state index is 12.5. The fraction of sp³-hybridized carbons (Fsp3) is 0.444. The molecular formula is C18H25N5O. The lowest BCUT2D eigenvalue weighted by molar-refractivity contribution is -0.115. The van der Waals surface area contributed by atoms with Gasteiger partial charge in [-0.05, 0) is 25.0 Å². The van der Waals surface area contributed by atoms with Crippen LogP contribution in [-0.4, -0.2) is 42.4 Å². The van der Waals surface area contributed by atoms with Gasteiger partial charge in [-0.1, -0.05) is 19.1 Å². The second kappa shape index (κ2) is 6.55. The van der Waals surface area contributed by atoms with Crippen LogP contribution < -0.4 is 15.1 Å². The summed E-state index contributed by atoms with van der Waals surface area (Å²) in [5, 5.41) is 7.23. The van der Waals surface area contributed by atoms with Crippen LogP contribution in [0.25, 0.3) is 0 Å². The second-order valence-electron chi connectivity index (χ2n) is 6.70. The standard InChI is InChI=1S/C18H25N5O/c1-13-10-21(3)15-7-5-6-8-16(15)23(11-13)12-18(24)19-17-9-14(2)20-22(17)4/h5-9,13H,10-12H2,1-4H3,(H,19,24)/t13-/m0/s1. The summed E-state index contributed by atoms with van der Waals surface area (Å²) in [7, 11) is 3.94. The molecule has 0 bridgehead atoms. The van der Waals surface area contributed by atoms with Gasteiger partial charge in [0, 0.05) is 33.3 Å². The van der Waals surface area contributed by atoms with Crippen LogP contribution in [0.1, 0.15) is 12.6 Å². The Hall–Kier alpha value is -2.50. The van der Waals surface area contributed by atoms with E-state index in [9.17, 15) is 4.79 Å². The summed E-state index contributed by atoms with van der Waals surface area (Å²) in [4.78, 5) is 17.0. The molecule has 1 N–H and O–H groups in total. The molecule has 1 aliphatic rings. The number of anilines is 3. The second-order valence-corrected chi connectivity index (χ2v) is 6.70. The number of benzene rings is 1. The molecule has 24 heavy (non-hydrogen) atoms. The Bertz CT molecular complexity index is 739. The van der Waals surface area contributed by atoms with E-state index < -0.39 is 0 Å². The predicted molar refractivity (Wildman–Crippen MR) is 97.7 cm³/mol. The first-order valence-electron chi connectivity index (χ1n) is 8.29. The summed E-state index contributed by atoms with van der Waals surface area (Å²) in [6, 6.07) is 10.2. The van der Waals surface area contributed by atoms with Crippen molar-refractivity contribution < 1.29 is 4.79 Å². The number of nitrogens with one attached hydrogen (secondary N) is 1. The van der Waals surface area contributed by atoms with Crippen molar-refractivity contribution in [1.82, 2.24) is 9.78 Å². The molecule has 6 nitrogen and oxygen atoms in total. The van der Waals surface area contributed by atoms with Gasteiger partial charge < -0.3 is 15.1 Å². The monoisotopic (exact) mass is 327 g/mol. The van der Waals surface area contributed by atoms with Crippen LogP contribution in [0.2, 0.25) is 0 Å². The minimum atomic E-state index is -0.0236. The smallest absolute Gasteiger partial charge is 0.245 e. The third-order valence-electron chi connectivity index (χ3n) is 4.36. The Kier molecular flexibility index (Phi) is 4.46. The molecule has 6 heteroatoms. The number of hydrogen-bond acceptors (Lipinski definition) is 4. The number of carbonyl (C=O) groups is 1. The molecule has 128 valence electrons. The Morgan fingerprint density at radius 3 is 2.62 bits per heavy atom. The van der Waals surface area contributed by atoms with Gasteiger partial charge in [0.25, 0.3) is 0 Å². The lowest BCUT2D eigenvalue weighted by Gasteiger charge is -2.25. The van der Waals surface area contributed by atoms with Crippen LogP contribution in [0.4, 0.5) is 17.2 Å². The lowest BCUT2D eigenvalue weighted by atomic mass is 10.1. The highest BCUT2D eigenvalue weighted by molar-refractivity contribution is 5.94. The maximum Gasteiger partial charge on any atom is 0.245 e. The van der Waals surface area contributed by atoms with Gasteiger partial charge >= 0.3 is 0 Å². The highest BCUT2D eigenvalue weighted by Crippen LogP contribution is 2.32. The zero-order valence-corrected chi connectivity index (χ0v) is 14.8. The quantitative estimate of drug-likeness (QED) is 0.939. The number of aromatic nitrogens is 2. The minimum Gasteiger partial charge on any atom is -0.373 e. The Morgan fingerprint density at radius 1 is 1.25 bits per heavy atom. The van der Waals surface area contributed by atoms with Gasteiger partial charge in [0.05, 0.1) is 23.6 Å². The van der Waals surface area contributed by atoms with Gasteiger partial charge in [-0.3, -0.25) is 9.48 Å². The summed E-state index contributed by atoms with van der Waals surface area (Å²) in [6.45, 7) is 6.31. The molecule has 1 amide bonds. The molecule has 0 fully saturated rings. The van der Waals surface area contributed by atoms with E-state index in [1.807, 2.05) is 32.2 Å². The number of fused-ring (bicyclic) bond motifs is 1. The van der Waals surface area contributed by atoms with Crippen molar-refractivity contribution in [3.05, 3.63) is 36.0 Å². The molecule has 3 rings (SSSR count). The summed E-state index contributed by atoms with van der Waals surface area (Å²) in [5.41, 5.74) is 3.18. The Labute approximate surface area is 143 Å². The molecule has 0 unspecified atom stereocenters. The predicted octanol–water partition coefficient (Wildman–Crippen LogP) is 2.26. The van der Waals surface area contributed by atoms with Crippen molar-refractivity contribution in [2.75, 3.05) is 41.8 Å². The molecule has 0 saturated carbocycles. The molecule has 2 heterocycles. The average molecular weight is 327 g/mol. The van der Waals surface area contributed by atoms with Crippen molar-refractivity contribution in [3.63, 3.8) is 0 Å². The van der Waals surface area contributed by atoms with Gasteiger partial charge in [-0.25, -0.2) is 0 Å². The molecule has 2 aromatic rings. The van der Waals surface area contributed by atoms with Crippen LogP contribution in [0.15, 0.2) is 30.3 Å². The molecule has 0 aliphatic carbocycles. The number of amides is 1. The number of carbonyl (C=O) groups excluding carboxylic acids is 1. The van der Waals surface area contributed by atoms with Gasteiger partial charge in [0.2, 0.25) is 5.91 Å². The van der Waals surface area contributed by atoms with Gasteiger partial charge in [-0.2, -0.15) is 5.10 Å². The number of hydrogen-bond donors (Lipinski definition) is 1. The molecular weight excluding hydrogens is 302 g/mol. The van der Waals surface area contributed by atoms with Crippen molar-refractivity contribution in [2.24, 2.45) is 13.0 Å². The third kappa shape index (κ3) is 3.37. The van der Waals surface area contributed by atoms with Crippen molar-refractivity contribution in [2.45, 2.75) is 13.8 Å². The molecule has 0 spiro atoms. The van der Waals surface area contributed by atoms with E-state index in [4.69, 9.17) is 0 Å². The van der Waals surface area contributed by atoms with Crippen LogP contribution in [0.5, 0.6) is 0 Å². The van der Waals surface area contributed by atoms with E-state index in [2.05, 4.69) is 46.3 Å². The number of rotatable bonds is 3. The normalized spacial score (nSPS) is 17.4. The molecule has 0 saturated heterocycles. The first-order valence-corrected chi connectivity index (χ1v) is 8.29. The van der Waals surface area contributed by atoms with Crippen LogP contribution in [0.3, 0.4) is 0 Å². The Balaban J connectivity index is 1.79. The van der Waals surface area contributed by atoms with Gasteiger partial charge in [-0.15, -0.1) is 0 Å². The lowest BCUT2D eigenvalue weighted by Crippen LogP contribution is -2.36. The molecule has 1 aromatic heterocycles. The minimum absolute atomic E-state index is 0.0236. The topological polar surface area (TPSA) is 53.4 Å². The zero-order chi connectivity index (χ0) is 17.3. The van der Waals surface area contributed by atoms with E-state index in [1.165, 1.54) is 5.69 Å². The highest BCUT2D eigenvalue weighted by atomic mass is 16.2. The van der Waals surface area contributed by atoms with Crippen molar-refractivity contribution in [1.29, 1.82) is 0 Å². The van der Waals surface area contributed by atoms with Crippen LogP contribution in [0, 0.1) is 12.8 Å². The SMILES string of the molecule is Cc1cc(NC(=O)CN2C[C@@H](C)CN(C)c3ccccc32)n(C)n1. The Morgan fingerprint density at radius 2 is 1.96 bits per heavy atom. The summed E-state index contributed by atoms with van der Waals surface area (Å²) >= 11 is 0. The summed E-state index contributed by atoms with van der Waals surface area (Å²) in [5.74, 6) is 1.18. The van der Waals surface area contributed by atoms with E-state index in [0.717, 1.165) is 30.3 Å². The average Bonchev–Trinajstić information content (AvgIpc) is 2.77. The maximum atomic E-state index is 12.5. The highest BCUT2D eigenvalue weighted by Gasteiger charge is 2.23. The largest absolute Gasteiger partial charge is 0.373 e. The number of aryl methyl sites for hydroxylation is 2.